The van der Waals surface area contributed by atoms with Gasteiger partial charge in [0, 0.05) is 18.5 Å². The molecule has 3 N–H and O–H groups in total. The zero-order valence-corrected chi connectivity index (χ0v) is 12.0. The molecule has 0 rings (SSSR count). The first kappa shape index (κ1) is 18.1. The maximum Gasteiger partial charge on any atom is 0.220 e. The minimum atomic E-state index is -0.285. The number of nitrogens with one attached hydrogen (secondary N) is 1. The Labute approximate surface area is 106 Å². The second-order valence-corrected chi connectivity index (χ2v) is 5.25. The third-order valence-electron chi connectivity index (χ3n) is 2.90. The van der Waals surface area contributed by atoms with Crippen molar-refractivity contribution in [2.45, 2.75) is 53.0 Å². The number of nitrogens with two attached hydrogens (primary N) is 1. The van der Waals surface area contributed by atoms with Crippen molar-refractivity contribution in [1.82, 2.24) is 5.32 Å². The molecular weight excluding hydrogens is 224 g/mol. The summed E-state index contributed by atoms with van der Waals surface area (Å²) in [4.78, 5) is 11.7. The van der Waals surface area contributed by atoms with Crippen LogP contribution in [0.2, 0.25) is 0 Å². The number of halogens is 1. The van der Waals surface area contributed by atoms with Crippen molar-refractivity contribution >= 4 is 18.3 Å². The fourth-order valence-electron chi connectivity index (χ4n) is 1.57. The number of hydrogen-bond acceptors (Lipinski definition) is 2. The number of carbonyl (C=O) groups is 1. The molecule has 4 heteroatoms. The van der Waals surface area contributed by atoms with Crippen LogP contribution in [0.15, 0.2) is 0 Å². The summed E-state index contributed by atoms with van der Waals surface area (Å²) < 4.78 is 0. The summed E-state index contributed by atoms with van der Waals surface area (Å²) in [5, 5.41) is 2.96. The van der Waals surface area contributed by atoms with Gasteiger partial charge < -0.3 is 11.1 Å². The van der Waals surface area contributed by atoms with E-state index in [1.54, 1.807) is 0 Å². The average Bonchev–Trinajstić information content (AvgIpc) is 2.13. The van der Waals surface area contributed by atoms with E-state index in [1.165, 1.54) is 0 Å². The molecule has 1 amide bonds. The van der Waals surface area contributed by atoms with Gasteiger partial charge in [0.2, 0.25) is 5.91 Å². The lowest BCUT2D eigenvalue weighted by Gasteiger charge is -2.26. The minimum Gasteiger partial charge on any atom is -0.350 e. The van der Waals surface area contributed by atoms with Crippen molar-refractivity contribution < 1.29 is 4.79 Å². The average molecular weight is 251 g/mol. The largest absolute Gasteiger partial charge is 0.350 e. The van der Waals surface area contributed by atoms with E-state index in [-0.39, 0.29) is 23.9 Å². The van der Waals surface area contributed by atoms with Crippen LogP contribution in [-0.2, 0) is 4.79 Å². The summed E-state index contributed by atoms with van der Waals surface area (Å²) in [7, 11) is 0. The normalized spacial score (nSPS) is 13.2. The molecule has 0 aromatic heterocycles. The summed E-state index contributed by atoms with van der Waals surface area (Å²) >= 11 is 0. The van der Waals surface area contributed by atoms with Gasteiger partial charge in [0.15, 0.2) is 0 Å². The molecule has 0 spiro atoms. The second-order valence-electron chi connectivity index (χ2n) is 5.25. The van der Waals surface area contributed by atoms with E-state index in [0.717, 1.165) is 6.42 Å². The van der Waals surface area contributed by atoms with Gasteiger partial charge in [-0.3, -0.25) is 4.79 Å². The van der Waals surface area contributed by atoms with E-state index in [0.29, 0.717) is 24.8 Å². The second kappa shape index (κ2) is 7.91. The first-order valence-electron chi connectivity index (χ1n) is 5.83. The lowest BCUT2D eigenvalue weighted by atomic mass is 9.89. The molecule has 98 valence electrons. The van der Waals surface area contributed by atoms with Crippen LogP contribution >= 0.6 is 12.4 Å². The third kappa shape index (κ3) is 7.07. The Morgan fingerprint density at radius 3 is 2.19 bits per heavy atom. The summed E-state index contributed by atoms with van der Waals surface area (Å²) in [6, 6.07) is 0. The van der Waals surface area contributed by atoms with Gasteiger partial charge >= 0.3 is 0 Å². The maximum atomic E-state index is 11.7. The first-order valence-corrected chi connectivity index (χ1v) is 5.83. The number of carbonyl (C=O) groups excluding carboxylic acids is 1. The molecule has 1 atom stereocenters. The maximum absolute atomic E-state index is 11.7. The Morgan fingerprint density at radius 1 is 1.38 bits per heavy atom. The highest BCUT2D eigenvalue weighted by molar-refractivity contribution is 5.85. The van der Waals surface area contributed by atoms with Crippen molar-refractivity contribution in [2.75, 3.05) is 6.54 Å². The molecule has 1 unspecified atom stereocenters. The highest BCUT2D eigenvalue weighted by Gasteiger charge is 2.21. The van der Waals surface area contributed by atoms with Crippen LogP contribution in [0, 0.1) is 11.8 Å². The molecule has 0 aromatic carbocycles. The predicted molar refractivity (Wildman–Crippen MR) is 71.8 cm³/mol. The monoisotopic (exact) mass is 250 g/mol. The van der Waals surface area contributed by atoms with Crippen molar-refractivity contribution in [2.24, 2.45) is 17.6 Å². The molecule has 16 heavy (non-hydrogen) atoms. The smallest absolute Gasteiger partial charge is 0.220 e. The van der Waals surface area contributed by atoms with Gasteiger partial charge in [-0.05, 0) is 25.7 Å². The quantitative estimate of drug-likeness (QED) is 0.760. The highest BCUT2D eigenvalue weighted by Crippen LogP contribution is 2.19. The SMILES string of the molecule is CCC(CC(=O)NC(C)(C)CN)C(C)C.Cl. The molecule has 3 nitrogen and oxygen atoms in total. The Morgan fingerprint density at radius 2 is 1.88 bits per heavy atom. The van der Waals surface area contributed by atoms with Crippen LogP contribution in [0.3, 0.4) is 0 Å². The van der Waals surface area contributed by atoms with Crippen molar-refractivity contribution in [1.29, 1.82) is 0 Å². The van der Waals surface area contributed by atoms with Gasteiger partial charge in [-0.2, -0.15) is 0 Å². The predicted octanol–water partition coefficient (Wildman–Crippen LogP) is 2.33. The van der Waals surface area contributed by atoms with Crippen LogP contribution in [0.25, 0.3) is 0 Å². The lowest BCUT2D eigenvalue weighted by Crippen LogP contribution is -2.49. The lowest BCUT2D eigenvalue weighted by molar-refractivity contribution is -0.123. The third-order valence-corrected chi connectivity index (χ3v) is 2.90. The molecule has 0 aromatic rings. The number of rotatable bonds is 6. The molecule has 0 heterocycles. The Balaban J connectivity index is 0. The Kier molecular flexibility index (Phi) is 8.94. The summed E-state index contributed by atoms with van der Waals surface area (Å²) in [6.45, 7) is 10.8. The Bertz CT molecular complexity index is 205. The number of hydrogen-bond donors (Lipinski definition) is 2. The molecule has 0 bridgehead atoms. The molecular formula is C12H27ClN2O. The van der Waals surface area contributed by atoms with E-state index in [1.807, 2.05) is 13.8 Å². The molecule has 0 aliphatic rings. The molecule has 0 saturated heterocycles. The van der Waals surface area contributed by atoms with E-state index in [2.05, 4.69) is 26.1 Å². The summed E-state index contributed by atoms with van der Waals surface area (Å²) in [6.07, 6.45) is 1.66. The van der Waals surface area contributed by atoms with Crippen LogP contribution in [-0.4, -0.2) is 18.0 Å². The molecule has 0 fully saturated rings. The minimum absolute atomic E-state index is 0. The summed E-state index contributed by atoms with van der Waals surface area (Å²) in [5.74, 6) is 1.14. The zero-order valence-electron chi connectivity index (χ0n) is 11.2. The van der Waals surface area contributed by atoms with Gasteiger partial charge in [0.25, 0.3) is 0 Å². The van der Waals surface area contributed by atoms with Gasteiger partial charge in [0.05, 0.1) is 0 Å². The van der Waals surface area contributed by atoms with Crippen molar-refractivity contribution in [3.05, 3.63) is 0 Å². The van der Waals surface area contributed by atoms with Gasteiger partial charge in [0.1, 0.15) is 0 Å². The topological polar surface area (TPSA) is 55.1 Å². The standard InChI is InChI=1S/C12H26N2O.ClH/c1-6-10(9(2)3)7-11(15)14-12(4,5)8-13;/h9-10H,6-8,13H2,1-5H3,(H,14,15);1H. The zero-order chi connectivity index (χ0) is 12.1. The Hall–Kier alpha value is -0.280. The fraction of sp³-hybridized carbons (Fsp3) is 0.917. The molecule has 0 radical (unpaired) electrons. The van der Waals surface area contributed by atoms with E-state index < -0.39 is 0 Å². The summed E-state index contributed by atoms with van der Waals surface area (Å²) in [5.41, 5.74) is 5.28. The molecule has 0 aliphatic carbocycles. The van der Waals surface area contributed by atoms with Crippen LogP contribution < -0.4 is 11.1 Å². The van der Waals surface area contributed by atoms with Crippen molar-refractivity contribution in [3.8, 4) is 0 Å². The van der Waals surface area contributed by atoms with Crippen LogP contribution in [0.4, 0.5) is 0 Å². The van der Waals surface area contributed by atoms with E-state index >= 15 is 0 Å². The molecule has 0 saturated carbocycles. The van der Waals surface area contributed by atoms with Gasteiger partial charge in [-0.1, -0.05) is 27.2 Å². The first-order chi connectivity index (χ1) is 6.82. The van der Waals surface area contributed by atoms with Gasteiger partial charge in [-0.15, -0.1) is 12.4 Å². The van der Waals surface area contributed by atoms with Crippen LogP contribution in [0.5, 0.6) is 0 Å². The van der Waals surface area contributed by atoms with Gasteiger partial charge in [-0.25, -0.2) is 0 Å². The van der Waals surface area contributed by atoms with Crippen LogP contribution in [0.1, 0.15) is 47.5 Å². The molecule has 0 aliphatic heterocycles. The fourth-order valence-corrected chi connectivity index (χ4v) is 1.57. The van der Waals surface area contributed by atoms with E-state index in [4.69, 9.17) is 5.73 Å². The number of amides is 1. The van der Waals surface area contributed by atoms with E-state index in [9.17, 15) is 4.79 Å². The van der Waals surface area contributed by atoms with Crippen molar-refractivity contribution in [3.63, 3.8) is 0 Å². The highest BCUT2D eigenvalue weighted by atomic mass is 35.5.